The smallest absolute Gasteiger partial charge is 0.308 e. The second-order valence-corrected chi connectivity index (χ2v) is 7.56. The molecule has 3 aliphatic heterocycles. The molecule has 0 spiro atoms. The molecule has 2 aromatic carbocycles. The van der Waals surface area contributed by atoms with Crippen LogP contribution < -0.4 is 9.64 Å². The summed E-state index contributed by atoms with van der Waals surface area (Å²) in [5, 5.41) is 9.83. The third-order valence-corrected chi connectivity index (χ3v) is 5.95. The van der Waals surface area contributed by atoms with Crippen LogP contribution in [0.25, 0.3) is 6.08 Å². The van der Waals surface area contributed by atoms with Crippen molar-refractivity contribution in [3.05, 3.63) is 65.9 Å². The summed E-state index contributed by atoms with van der Waals surface area (Å²) in [6.07, 6.45) is 3.73. The van der Waals surface area contributed by atoms with Gasteiger partial charge in [-0.05, 0) is 41.5 Å². The monoisotopic (exact) mass is 399 g/mol. The number of hydrogen-bond acceptors (Lipinski definition) is 6. The van der Waals surface area contributed by atoms with Gasteiger partial charge in [-0.3, -0.25) is 14.4 Å². The molecule has 2 aromatic rings. The molecule has 2 fully saturated rings. The second kappa shape index (κ2) is 6.56. The summed E-state index contributed by atoms with van der Waals surface area (Å²) in [5.74, 6) is -2.19. The molecule has 2 amide bonds. The predicted molar refractivity (Wildman–Crippen MR) is 107 cm³/mol. The van der Waals surface area contributed by atoms with E-state index in [9.17, 15) is 19.6 Å². The van der Waals surface area contributed by atoms with Gasteiger partial charge in [0.25, 0.3) is 0 Å². The average molecular weight is 399 g/mol. The van der Waals surface area contributed by atoms with E-state index in [1.165, 1.54) is 19.1 Å². The number of esters is 1. The first-order valence-electron chi connectivity index (χ1n) is 9.62. The number of carbonyl (C=O) groups is 3. The summed E-state index contributed by atoms with van der Waals surface area (Å²) in [6, 6.07) is 15.1. The number of carbonyl (C=O) groups excluding carboxylic acids is 3. The van der Waals surface area contributed by atoms with Gasteiger partial charge in [0.05, 0.1) is 29.6 Å². The first-order chi connectivity index (χ1) is 14.5. The van der Waals surface area contributed by atoms with Gasteiger partial charge in [0, 0.05) is 13.1 Å². The van der Waals surface area contributed by atoms with E-state index >= 15 is 0 Å². The number of benzene rings is 2. The average Bonchev–Trinajstić information content (AvgIpc) is 3.21. The summed E-state index contributed by atoms with van der Waals surface area (Å²) in [6.45, 7) is 1.30. The van der Waals surface area contributed by atoms with Crippen molar-refractivity contribution in [2.75, 3.05) is 4.90 Å². The van der Waals surface area contributed by atoms with Crippen LogP contribution >= 0.6 is 0 Å². The minimum atomic E-state index is -0.739. The van der Waals surface area contributed by atoms with E-state index in [4.69, 9.17) is 4.74 Å². The standard InChI is InChI=1S/C23H17N3O4/c1-13(27)30-16-8-6-15(7-9-16)26-22(28)19-18(12-24)25-11-10-14-4-2-3-5-17(14)21(25)20(19)23(26)29/h2-11,18-21H,1H3/t18-,19-,20-,21+/m0/s1. The Morgan fingerprint density at radius 3 is 2.43 bits per heavy atom. The van der Waals surface area contributed by atoms with Crippen molar-refractivity contribution in [2.24, 2.45) is 11.8 Å². The SMILES string of the molecule is CC(=O)Oc1ccc(N2C(=O)[C@@H]3[C@H](C2=O)[C@H]2c4ccccc4C=CN2[C@H]3C#N)cc1. The molecule has 0 saturated carbocycles. The summed E-state index contributed by atoms with van der Waals surface area (Å²) in [4.78, 5) is 40.9. The van der Waals surface area contributed by atoms with Crippen molar-refractivity contribution < 1.29 is 19.1 Å². The molecule has 0 unspecified atom stereocenters. The molecule has 5 rings (SSSR count). The molecule has 148 valence electrons. The summed E-state index contributed by atoms with van der Waals surface area (Å²) >= 11 is 0. The maximum absolute atomic E-state index is 13.4. The van der Waals surface area contributed by atoms with Gasteiger partial charge in [0.2, 0.25) is 11.8 Å². The van der Waals surface area contributed by atoms with Crippen molar-refractivity contribution in [3.63, 3.8) is 0 Å². The Hall–Kier alpha value is -3.92. The maximum Gasteiger partial charge on any atom is 0.308 e. The molecular weight excluding hydrogens is 382 g/mol. The highest BCUT2D eigenvalue weighted by Crippen LogP contribution is 2.52. The van der Waals surface area contributed by atoms with E-state index in [2.05, 4.69) is 6.07 Å². The van der Waals surface area contributed by atoms with Crippen LogP contribution in [0.15, 0.2) is 54.7 Å². The van der Waals surface area contributed by atoms with Crippen LogP contribution in [0, 0.1) is 23.2 Å². The second-order valence-electron chi connectivity index (χ2n) is 7.56. The van der Waals surface area contributed by atoms with Crippen LogP contribution in [0.3, 0.4) is 0 Å². The summed E-state index contributed by atoms with van der Waals surface area (Å²) in [7, 11) is 0. The van der Waals surface area contributed by atoms with Crippen LogP contribution in [0.4, 0.5) is 5.69 Å². The van der Waals surface area contributed by atoms with Crippen molar-refractivity contribution in [2.45, 2.75) is 19.0 Å². The van der Waals surface area contributed by atoms with Crippen molar-refractivity contribution >= 4 is 29.5 Å². The van der Waals surface area contributed by atoms with Crippen molar-refractivity contribution in [3.8, 4) is 11.8 Å². The van der Waals surface area contributed by atoms with E-state index in [0.29, 0.717) is 11.4 Å². The Labute approximate surface area is 172 Å². The minimum Gasteiger partial charge on any atom is -0.427 e. The number of nitriles is 1. The lowest BCUT2D eigenvalue weighted by atomic mass is 9.85. The van der Waals surface area contributed by atoms with Crippen LogP contribution in [0.1, 0.15) is 24.1 Å². The number of nitrogens with zero attached hydrogens (tertiary/aromatic N) is 3. The fourth-order valence-corrected chi connectivity index (χ4v) is 4.79. The third-order valence-electron chi connectivity index (χ3n) is 5.95. The number of imide groups is 1. The fraction of sp³-hybridized carbons (Fsp3) is 0.217. The topological polar surface area (TPSA) is 90.7 Å². The number of fused-ring (bicyclic) bond motifs is 5. The van der Waals surface area contributed by atoms with E-state index < -0.39 is 23.8 Å². The fourth-order valence-electron chi connectivity index (χ4n) is 4.79. The molecule has 0 N–H and O–H groups in total. The minimum absolute atomic E-state index is 0.317. The lowest BCUT2D eigenvalue weighted by Gasteiger charge is -2.33. The largest absolute Gasteiger partial charge is 0.427 e. The van der Waals surface area contributed by atoms with Gasteiger partial charge in [-0.25, -0.2) is 4.90 Å². The normalized spacial score (nSPS) is 26.1. The maximum atomic E-state index is 13.4. The number of anilines is 1. The molecule has 0 bridgehead atoms. The van der Waals surface area contributed by atoms with Gasteiger partial charge in [-0.2, -0.15) is 5.26 Å². The van der Waals surface area contributed by atoms with Gasteiger partial charge < -0.3 is 9.64 Å². The molecule has 7 heteroatoms. The van der Waals surface area contributed by atoms with E-state index in [1.807, 2.05) is 41.4 Å². The lowest BCUT2D eigenvalue weighted by molar-refractivity contribution is -0.132. The molecule has 30 heavy (non-hydrogen) atoms. The molecule has 0 aliphatic carbocycles. The quantitative estimate of drug-likeness (QED) is 0.438. The highest BCUT2D eigenvalue weighted by molar-refractivity contribution is 6.23. The zero-order valence-corrected chi connectivity index (χ0v) is 16.1. The predicted octanol–water partition coefficient (Wildman–Crippen LogP) is 2.65. The molecular formula is C23H17N3O4. The Balaban J connectivity index is 1.54. The number of ether oxygens (including phenoxy) is 1. The van der Waals surface area contributed by atoms with Crippen molar-refractivity contribution in [1.29, 1.82) is 5.26 Å². The molecule has 0 radical (unpaired) electrons. The lowest BCUT2D eigenvalue weighted by Crippen LogP contribution is -2.40. The molecule has 4 atom stereocenters. The third kappa shape index (κ3) is 2.47. The van der Waals surface area contributed by atoms with Gasteiger partial charge in [0.1, 0.15) is 11.8 Å². The van der Waals surface area contributed by atoms with E-state index in [1.54, 1.807) is 12.1 Å². The first kappa shape index (κ1) is 18.1. The molecule has 0 aromatic heterocycles. The molecule has 3 heterocycles. The highest BCUT2D eigenvalue weighted by atomic mass is 16.5. The van der Waals surface area contributed by atoms with Crippen LogP contribution in [-0.4, -0.2) is 28.7 Å². The Morgan fingerprint density at radius 1 is 1.03 bits per heavy atom. The van der Waals surface area contributed by atoms with Crippen LogP contribution in [0.5, 0.6) is 5.75 Å². The van der Waals surface area contributed by atoms with Crippen LogP contribution in [-0.2, 0) is 14.4 Å². The van der Waals surface area contributed by atoms with Gasteiger partial charge in [-0.15, -0.1) is 0 Å². The van der Waals surface area contributed by atoms with Gasteiger partial charge in [-0.1, -0.05) is 24.3 Å². The molecule has 7 nitrogen and oxygen atoms in total. The van der Waals surface area contributed by atoms with Gasteiger partial charge >= 0.3 is 5.97 Å². The highest BCUT2D eigenvalue weighted by Gasteiger charge is 2.63. The number of amides is 2. The van der Waals surface area contributed by atoms with E-state index in [0.717, 1.165) is 16.0 Å². The summed E-state index contributed by atoms with van der Waals surface area (Å²) in [5.41, 5.74) is 2.33. The van der Waals surface area contributed by atoms with Crippen molar-refractivity contribution in [1.82, 2.24) is 4.90 Å². The first-order valence-corrected chi connectivity index (χ1v) is 9.62. The Morgan fingerprint density at radius 2 is 1.73 bits per heavy atom. The van der Waals surface area contributed by atoms with Crippen LogP contribution in [0.2, 0.25) is 0 Å². The number of rotatable bonds is 2. The zero-order chi connectivity index (χ0) is 21.0. The Kier molecular flexibility index (Phi) is 3.97. The zero-order valence-electron chi connectivity index (χ0n) is 16.1. The molecule has 2 saturated heterocycles. The van der Waals surface area contributed by atoms with E-state index in [-0.39, 0.29) is 17.9 Å². The summed E-state index contributed by atoms with van der Waals surface area (Å²) < 4.78 is 5.02. The number of hydrogen-bond donors (Lipinski definition) is 0. The molecule has 3 aliphatic rings. The van der Waals surface area contributed by atoms with Gasteiger partial charge in [0.15, 0.2) is 0 Å². The Bertz CT molecular complexity index is 1150.